The van der Waals surface area contributed by atoms with Crippen LogP contribution >= 0.6 is 0 Å². The highest BCUT2D eigenvalue weighted by atomic mass is 16.1. The summed E-state index contributed by atoms with van der Waals surface area (Å²) in [6, 6.07) is 0. The molecule has 0 radical (unpaired) electrons. The summed E-state index contributed by atoms with van der Waals surface area (Å²) in [4.78, 5) is 10.2. The van der Waals surface area contributed by atoms with Gasteiger partial charge in [0, 0.05) is 14.3 Å². The van der Waals surface area contributed by atoms with Gasteiger partial charge >= 0.3 is 0 Å². The second-order valence-corrected chi connectivity index (χ2v) is 1.75. The molecule has 1 fully saturated rings. The summed E-state index contributed by atoms with van der Waals surface area (Å²) >= 11 is 0. The Bertz CT molecular complexity index is 66.8. The van der Waals surface area contributed by atoms with Gasteiger partial charge in [-0.15, -0.1) is 0 Å². The normalized spacial score (nSPS) is 19.1. The van der Waals surface area contributed by atoms with Crippen molar-refractivity contribution < 1.29 is 6.22 Å². The maximum absolute atomic E-state index is 10.2. The minimum atomic E-state index is 0. The van der Waals surface area contributed by atoms with E-state index in [-0.39, 0.29) is 7.58 Å². The molecule has 0 bridgehead atoms. The van der Waals surface area contributed by atoms with Crippen molar-refractivity contribution in [3.63, 3.8) is 0 Å². The summed E-state index contributed by atoms with van der Waals surface area (Å²) in [6.45, 7) is 0. The summed E-state index contributed by atoms with van der Waals surface area (Å²) in [7, 11) is 0. The maximum atomic E-state index is 10.2. The van der Waals surface area contributed by atoms with Crippen LogP contribution < -0.4 is 6.15 Å². The molecule has 1 saturated carbocycles. The van der Waals surface area contributed by atoms with Gasteiger partial charge in [0.05, 0.1) is 0 Å². The van der Waals surface area contributed by atoms with Crippen LogP contribution in [0.1, 0.15) is 27.1 Å². The SMILES string of the molecule is N.O=C1CCCC1.[HH]. The number of ketones is 1. The summed E-state index contributed by atoms with van der Waals surface area (Å²) in [6.07, 6.45) is 3.97. The first-order valence-corrected chi connectivity index (χ1v) is 2.41. The summed E-state index contributed by atoms with van der Waals surface area (Å²) in [5.41, 5.74) is 0. The van der Waals surface area contributed by atoms with Crippen LogP contribution in [-0.4, -0.2) is 5.78 Å². The molecule has 1 aliphatic rings. The van der Waals surface area contributed by atoms with Gasteiger partial charge < -0.3 is 6.15 Å². The zero-order chi connectivity index (χ0) is 4.41. The standard InChI is InChI=1S/C5H8O.H3N.H2/c6-5-3-1-2-4-5;;/h1-4H2;1H3;1H. The van der Waals surface area contributed by atoms with Gasteiger partial charge in [0.25, 0.3) is 0 Å². The van der Waals surface area contributed by atoms with Crippen molar-refractivity contribution in [1.82, 2.24) is 6.15 Å². The Morgan fingerprint density at radius 1 is 1.29 bits per heavy atom. The van der Waals surface area contributed by atoms with Gasteiger partial charge in [-0.3, -0.25) is 4.79 Å². The Morgan fingerprint density at radius 2 is 1.71 bits per heavy atom. The predicted octanol–water partition coefficient (Wildman–Crippen LogP) is 1.54. The molecule has 44 valence electrons. The number of hydrogen-bond donors (Lipinski definition) is 1. The van der Waals surface area contributed by atoms with Crippen molar-refractivity contribution in [3.8, 4) is 0 Å². The molecule has 0 aromatic heterocycles. The van der Waals surface area contributed by atoms with Crippen molar-refractivity contribution in [2.75, 3.05) is 0 Å². The molecule has 3 N–H and O–H groups in total. The highest BCUT2D eigenvalue weighted by Crippen LogP contribution is 2.11. The average Bonchev–Trinajstić information content (AvgIpc) is 1.86. The maximum Gasteiger partial charge on any atom is 0.132 e. The number of rotatable bonds is 0. The first-order valence-electron chi connectivity index (χ1n) is 2.41. The molecule has 0 aromatic rings. The minimum Gasteiger partial charge on any atom is -0.344 e. The third-order valence-electron chi connectivity index (χ3n) is 1.16. The van der Waals surface area contributed by atoms with Crippen LogP contribution in [0, 0.1) is 0 Å². The van der Waals surface area contributed by atoms with Gasteiger partial charge in [-0.25, -0.2) is 0 Å². The monoisotopic (exact) mass is 103 g/mol. The molecule has 0 heterocycles. The van der Waals surface area contributed by atoms with Crippen molar-refractivity contribution in [2.24, 2.45) is 0 Å². The molecule has 0 saturated heterocycles. The molecule has 0 atom stereocenters. The predicted molar refractivity (Wildman–Crippen MR) is 30.6 cm³/mol. The fourth-order valence-corrected chi connectivity index (χ4v) is 0.769. The van der Waals surface area contributed by atoms with Crippen molar-refractivity contribution in [2.45, 2.75) is 25.7 Å². The van der Waals surface area contributed by atoms with E-state index in [9.17, 15) is 4.79 Å². The van der Waals surface area contributed by atoms with Crippen molar-refractivity contribution in [1.29, 1.82) is 0 Å². The lowest BCUT2D eigenvalue weighted by atomic mass is 10.4. The van der Waals surface area contributed by atoms with Gasteiger partial charge in [-0.05, 0) is 12.8 Å². The molecule has 0 spiro atoms. The lowest BCUT2D eigenvalue weighted by molar-refractivity contribution is -0.117. The van der Waals surface area contributed by atoms with Crippen LogP contribution in [0.15, 0.2) is 0 Å². The van der Waals surface area contributed by atoms with Crippen LogP contribution in [0.25, 0.3) is 0 Å². The number of carbonyl (C=O) groups is 1. The fourth-order valence-electron chi connectivity index (χ4n) is 0.769. The van der Waals surface area contributed by atoms with E-state index in [4.69, 9.17) is 0 Å². The molecule has 0 unspecified atom stereocenters. The van der Waals surface area contributed by atoms with Crippen LogP contribution in [0.3, 0.4) is 0 Å². The van der Waals surface area contributed by atoms with E-state index in [0.29, 0.717) is 5.78 Å². The van der Waals surface area contributed by atoms with E-state index in [1.54, 1.807) is 0 Å². The summed E-state index contributed by atoms with van der Waals surface area (Å²) in [5, 5.41) is 0. The molecular weight excluding hydrogens is 90.1 g/mol. The first kappa shape index (κ1) is 6.63. The first-order chi connectivity index (χ1) is 2.89. The molecule has 1 rings (SSSR count). The van der Waals surface area contributed by atoms with E-state index in [1.165, 1.54) is 0 Å². The van der Waals surface area contributed by atoms with Gasteiger partial charge in [-0.1, -0.05) is 0 Å². The Balaban J connectivity index is 0. The molecule has 0 aliphatic heterocycles. The van der Waals surface area contributed by atoms with E-state index >= 15 is 0 Å². The third kappa shape index (κ3) is 1.69. The summed E-state index contributed by atoms with van der Waals surface area (Å²) < 4.78 is 0. The van der Waals surface area contributed by atoms with Crippen molar-refractivity contribution in [3.05, 3.63) is 0 Å². The Hall–Kier alpha value is -0.370. The minimum absolute atomic E-state index is 0. The topological polar surface area (TPSA) is 52.1 Å². The second kappa shape index (κ2) is 2.75. The molecule has 7 heavy (non-hydrogen) atoms. The highest BCUT2D eigenvalue weighted by molar-refractivity contribution is 5.79. The second-order valence-electron chi connectivity index (χ2n) is 1.75. The lowest BCUT2D eigenvalue weighted by Gasteiger charge is -1.71. The van der Waals surface area contributed by atoms with Gasteiger partial charge in [-0.2, -0.15) is 0 Å². The van der Waals surface area contributed by atoms with Crippen LogP contribution in [-0.2, 0) is 4.79 Å². The number of Topliss-reactive ketones (excluding diaryl/α,β-unsaturated/α-hetero) is 1. The Kier molecular flexibility index (Phi) is 2.60. The molecule has 0 amide bonds. The molecule has 2 heteroatoms. The molecule has 2 nitrogen and oxygen atoms in total. The average molecular weight is 103 g/mol. The van der Waals surface area contributed by atoms with Gasteiger partial charge in [0.1, 0.15) is 5.78 Å². The lowest BCUT2D eigenvalue weighted by Crippen LogP contribution is -1.81. The molecule has 0 aromatic carbocycles. The smallest absolute Gasteiger partial charge is 0.132 e. The Labute approximate surface area is 45.0 Å². The summed E-state index contributed by atoms with van der Waals surface area (Å²) in [5.74, 6) is 0.454. The highest BCUT2D eigenvalue weighted by Gasteiger charge is 2.07. The van der Waals surface area contributed by atoms with Gasteiger partial charge in [0.2, 0.25) is 0 Å². The van der Waals surface area contributed by atoms with E-state index < -0.39 is 0 Å². The van der Waals surface area contributed by atoms with E-state index in [1.807, 2.05) is 0 Å². The van der Waals surface area contributed by atoms with Gasteiger partial charge in [0.15, 0.2) is 0 Å². The third-order valence-corrected chi connectivity index (χ3v) is 1.16. The zero-order valence-electron chi connectivity index (χ0n) is 4.44. The quantitative estimate of drug-likeness (QED) is 0.505. The zero-order valence-corrected chi connectivity index (χ0v) is 4.44. The van der Waals surface area contributed by atoms with Crippen LogP contribution in [0.4, 0.5) is 0 Å². The molecule has 1 aliphatic carbocycles. The van der Waals surface area contributed by atoms with E-state index in [2.05, 4.69) is 0 Å². The van der Waals surface area contributed by atoms with Crippen LogP contribution in [0.2, 0.25) is 0 Å². The number of carbonyl (C=O) groups excluding carboxylic acids is 1. The Morgan fingerprint density at radius 3 is 1.86 bits per heavy atom. The fraction of sp³-hybridized carbons (Fsp3) is 0.800. The van der Waals surface area contributed by atoms with Crippen molar-refractivity contribution >= 4 is 5.78 Å². The largest absolute Gasteiger partial charge is 0.344 e. The van der Waals surface area contributed by atoms with E-state index in [0.717, 1.165) is 25.7 Å². The number of hydrogen-bond acceptors (Lipinski definition) is 2. The van der Waals surface area contributed by atoms with Crippen LogP contribution in [0.5, 0.6) is 0 Å². The molecular formula is C5H13NO.